The van der Waals surface area contributed by atoms with Crippen molar-refractivity contribution in [3.05, 3.63) is 58.4 Å². The largest absolute Gasteiger partial charge is 0.618 e. The zero-order chi connectivity index (χ0) is 17.5. The highest BCUT2D eigenvalue weighted by Crippen LogP contribution is 2.22. The molecule has 0 fully saturated rings. The van der Waals surface area contributed by atoms with Crippen molar-refractivity contribution in [2.24, 2.45) is 0 Å². The van der Waals surface area contributed by atoms with Gasteiger partial charge in [0.05, 0.1) is 18.4 Å². The number of benzene rings is 1. The van der Waals surface area contributed by atoms with Crippen LogP contribution < -0.4 is 20.3 Å². The Morgan fingerprint density at radius 3 is 2.79 bits per heavy atom. The topological polar surface area (TPSA) is 94.4 Å². The number of ether oxygens (including phenoxy) is 1. The maximum absolute atomic E-state index is 12.1. The van der Waals surface area contributed by atoms with Gasteiger partial charge in [0.15, 0.2) is 6.20 Å². The number of halogens is 1. The number of amides is 2. The normalized spacial score (nSPS) is 10.1. The van der Waals surface area contributed by atoms with E-state index in [4.69, 9.17) is 16.3 Å². The Morgan fingerprint density at radius 2 is 2.08 bits per heavy atom. The van der Waals surface area contributed by atoms with E-state index in [0.717, 1.165) is 11.8 Å². The first kappa shape index (κ1) is 17.9. The summed E-state index contributed by atoms with van der Waals surface area (Å²) in [4.78, 5) is 23.9. The summed E-state index contributed by atoms with van der Waals surface area (Å²) >= 11 is 6.91. The Kier molecular flexibility index (Phi) is 6.28. The Labute approximate surface area is 147 Å². The van der Waals surface area contributed by atoms with Crippen LogP contribution in [0.15, 0.2) is 47.6 Å². The lowest BCUT2D eigenvalue weighted by Crippen LogP contribution is -2.42. The first-order valence-electron chi connectivity index (χ1n) is 6.75. The van der Waals surface area contributed by atoms with Crippen LogP contribution in [0.1, 0.15) is 10.4 Å². The molecule has 2 N–H and O–H groups in total. The van der Waals surface area contributed by atoms with Crippen molar-refractivity contribution in [2.75, 3.05) is 12.9 Å². The monoisotopic (exact) mass is 367 g/mol. The average Bonchev–Trinajstić information content (AvgIpc) is 2.59. The molecule has 0 saturated carbocycles. The molecule has 0 unspecified atom stereocenters. The van der Waals surface area contributed by atoms with Gasteiger partial charge in [-0.15, -0.1) is 0 Å². The van der Waals surface area contributed by atoms with Crippen LogP contribution in [0.4, 0.5) is 0 Å². The lowest BCUT2D eigenvalue weighted by molar-refractivity contribution is -0.645. The van der Waals surface area contributed by atoms with Crippen LogP contribution in [0.3, 0.4) is 0 Å². The molecule has 1 aromatic carbocycles. The number of rotatable bonds is 5. The second kappa shape index (κ2) is 8.42. The summed E-state index contributed by atoms with van der Waals surface area (Å²) in [5.74, 6) is -0.721. The van der Waals surface area contributed by atoms with Gasteiger partial charge in [-0.25, -0.2) is 0 Å². The van der Waals surface area contributed by atoms with Crippen molar-refractivity contribution in [3.8, 4) is 5.75 Å². The van der Waals surface area contributed by atoms with E-state index >= 15 is 0 Å². The zero-order valence-corrected chi connectivity index (χ0v) is 14.2. The van der Waals surface area contributed by atoms with Gasteiger partial charge in [-0.3, -0.25) is 20.4 Å². The van der Waals surface area contributed by atoms with E-state index in [1.165, 1.54) is 19.4 Å². The number of methoxy groups -OCH3 is 1. The quantitative estimate of drug-likeness (QED) is 0.362. The maximum Gasteiger partial charge on any atom is 0.273 e. The highest BCUT2D eigenvalue weighted by Gasteiger charge is 2.14. The minimum absolute atomic E-state index is 0.0286. The molecule has 24 heavy (non-hydrogen) atoms. The smallest absolute Gasteiger partial charge is 0.273 e. The van der Waals surface area contributed by atoms with E-state index in [1.807, 2.05) is 0 Å². The van der Waals surface area contributed by atoms with Gasteiger partial charge in [0, 0.05) is 17.2 Å². The molecular weight excluding hydrogens is 354 g/mol. The molecular formula is C15H14ClN3O4S. The number of aromatic nitrogens is 1. The molecule has 1 heterocycles. The van der Waals surface area contributed by atoms with Gasteiger partial charge in [-0.1, -0.05) is 11.6 Å². The van der Waals surface area contributed by atoms with E-state index in [2.05, 4.69) is 10.9 Å². The predicted molar refractivity (Wildman–Crippen MR) is 89.7 cm³/mol. The zero-order valence-electron chi connectivity index (χ0n) is 12.6. The number of thioether (sulfide) groups is 1. The van der Waals surface area contributed by atoms with Gasteiger partial charge in [-0.05, 0) is 36.0 Å². The van der Waals surface area contributed by atoms with E-state index in [1.54, 1.807) is 30.3 Å². The highest BCUT2D eigenvalue weighted by atomic mass is 35.5. The third-order valence-electron chi connectivity index (χ3n) is 2.86. The second-order valence-electron chi connectivity index (χ2n) is 4.50. The van der Waals surface area contributed by atoms with Gasteiger partial charge in [0.2, 0.25) is 5.91 Å². The van der Waals surface area contributed by atoms with Gasteiger partial charge < -0.3 is 9.94 Å². The molecule has 0 saturated heterocycles. The summed E-state index contributed by atoms with van der Waals surface area (Å²) < 4.78 is 5.73. The lowest BCUT2D eigenvalue weighted by Gasteiger charge is -2.10. The number of hydrazine groups is 1. The standard InChI is InChI=1S/C15H14ClN3O4S/c1-23-12-6-5-10(16)8-11(12)15(21)18-17-13(20)9-24-14-4-2-3-7-19(14)22/h2-8H,9H2,1H3,(H,17,20)(H,18,21). The van der Waals surface area contributed by atoms with Gasteiger partial charge >= 0.3 is 0 Å². The number of hydrogen-bond donors (Lipinski definition) is 2. The van der Waals surface area contributed by atoms with Gasteiger partial charge in [-0.2, -0.15) is 4.73 Å². The van der Waals surface area contributed by atoms with Crippen molar-refractivity contribution in [2.45, 2.75) is 5.03 Å². The maximum atomic E-state index is 12.1. The predicted octanol–water partition coefficient (Wildman–Crippen LogP) is 1.54. The summed E-state index contributed by atoms with van der Waals surface area (Å²) in [6.07, 6.45) is 1.34. The minimum Gasteiger partial charge on any atom is -0.618 e. The van der Waals surface area contributed by atoms with E-state index in [0.29, 0.717) is 20.5 Å². The first-order valence-corrected chi connectivity index (χ1v) is 8.11. The van der Waals surface area contributed by atoms with Crippen molar-refractivity contribution < 1.29 is 19.1 Å². The Bertz CT molecular complexity index is 757. The second-order valence-corrected chi connectivity index (χ2v) is 5.93. The molecule has 0 bridgehead atoms. The Balaban J connectivity index is 1.89. The third kappa shape index (κ3) is 4.77. The summed E-state index contributed by atoms with van der Waals surface area (Å²) in [7, 11) is 1.42. The number of carbonyl (C=O) groups excluding carboxylic acids is 2. The molecule has 0 aliphatic carbocycles. The van der Waals surface area contributed by atoms with Crippen LogP contribution >= 0.6 is 23.4 Å². The average molecular weight is 368 g/mol. The van der Waals surface area contributed by atoms with Gasteiger partial charge in [0.1, 0.15) is 5.75 Å². The molecule has 9 heteroatoms. The lowest BCUT2D eigenvalue weighted by atomic mass is 10.2. The summed E-state index contributed by atoms with van der Waals surface area (Å²) in [5.41, 5.74) is 4.74. The van der Waals surface area contributed by atoms with Crippen molar-refractivity contribution in [3.63, 3.8) is 0 Å². The van der Waals surface area contributed by atoms with Gasteiger partial charge in [0.25, 0.3) is 10.9 Å². The van der Waals surface area contributed by atoms with Crippen LogP contribution in [0.2, 0.25) is 5.02 Å². The molecule has 126 valence electrons. The molecule has 0 atom stereocenters. The molecule has 7 nitrogen and oxygen atoms in total. The number of nitrogens with one attached hydrogen (secondary N) is 2. The third-order valence-corrected chi connectivity index (χ3v) is 4.11. The van der Waals surface area contributed by atoms with Crippen molar-refractivity contribution in [1.29, 1.82) is 0 Å². The van der Waals surface area contributed by atoms with Crippen LogP contribution in [-0.2, 0) is 4.79 Å². The molecule has 0 aliphatic rings. The molecule has 0 spiro atoms. The first-order chi connectivity index (χ1) is 11.5. The number of pyridine rings is 1. The van der Waals surface area contributed by atoms with Crippen LogP contribution in [0, 0.1) is 5.21 Å². The fraction of sp³-hybridized carbons (Fsp3) is 0.133. The summed E-state index contributed by atoms with van der Waals surface area (Å²) in [6, 6.07) is 9.46. The summed E-state index contributed by atoms with van der Waals surface area (Å²) in [5, 5.41) is 12.2. The molecule has 2 aromatic rings. The fourth-order valence-electron chi connectivity index (χ4n) is 1.75. The minimum atomic E-state index is -0.564. The van der Waals surface area contributed by atoms with E-state index in [-0.39, 0.29) is 11.3 Å². The van der Waals surface area contributed by atoms with Crippen LogP contribution in [0.5, 0.6) is 5.75 Å². The number of carbonyl (C=O) groups is 2. The Hall–Kier alpha value is -2.45. The summed E-state index contributed by atoms with van der Waals surface area (Å²) in [6.45, 7) is 0. The molecule has 0 radical (unpaired) electrons. The Morgan fingerprint density at radius 1 is 1.29 bits per heavy atom. The molecule has 2 rings (SSSR count). The molecule has 1 aromatic heterocycles. The highest BCUT2D eigenvalue weighted by molar-refractivity contribution is 7.99. The molecule has 2 amide bonds. The van der Waals surface area contributed by atoms with E-state index < -0.39 is 11.8 Å². The van der Waals surface area contributed by atoms with E-state index in [9.17, 15) is 14.8 Å². The van der Waals surface area contributed by atoms with Crippen molar-refractivity contribution >= 4 is 35.2 Å². The van der Waals surface area contributed by atoms with Crippen LogP contribution in [0.25, 0.3) is 0 Å². The number of hydrogen-bond acceptors (Lipinski definition) is 5. The van der Waals surface area contributed by atoms with Crippen molar-refractivity contribution in [1.82, 2.24) is 10.9 Å². The van der Waals surface area contributed by atoms with Crippen LogP contribution in [-0.4, -0.2) is 24.7 Å². The fourth-order valence-corrected chi connectivity index (χ4v) is 2.64. The SMILES string of the molecule is COc1ccc(Cl)cc1C(=O)NNC(=O)CSc1cccc[n+]1[O-]. The number of nitrogens with zero attached hydrogens (tertiary/aromatic N) is 1. The molecule has 0 aliphatic heterocycles.